The van der Waals surface area contributed by atoms with Crippen LogP contribution in [0.15, 0.2) is 35.1 Å². The Hall–Kier alpha value is -1.82. The number of aromatic nitrogens is 2. The number of H-pyrrole nitrogens is 1. The van der Waals surface area contributed by atoms with E-state index in [0.717, 1.165) is 21.6 Å². The second-order valence-electron chi connectivity index (χ2n) is 4.30. The quantitative estimate of drug-likeness (QED) is 0.908. The summed E-state index contributed by atoms with van der Waals surface area (Å²) in [6.45, 7) is 0.779. The van der Waals surface area contributed by atoms with Gasteiger partial charge in [-0.2, -0.15) is 0 Å². The van der Waals surface area contributed by atoms with E-state index in [1.165, 1.54) is 0 Å². The van der Waals surface area contributed by atoms with Crippen molar-refractivity contribution in [2.45, 2.75) is 12.5 Å². The van der Waals surface area contributed by atoms with Crippen molar-refractivity contribution >= 4 is 21.8 Å². The van der Waals surface area contributed by atoms with Crippen LogP contribution in [0.5, 0.6) is 5.75 Å². The standard InChI is InChI=1S/C13H12BrN3O2/c14-8-1-2-11-9(5-8)10(7-19-11)13(18)17-6-12-15-3-4-16-12/h1-5,10H,6-7H2,(H,15,16)(H,17,18). The van der Waals surface area contributed by atoms with Crippen molar-refractivity contribution in [3.63, 3.8) is 0 Å². The second kappa shape index (κ2) is 5.05. The van der Waals surface area contributed by atoms with Gasteiger partial charge in [0.25, 0.3) is 0 Å². The molecule has 98 valence electrons. The number of hydrogen-bond acceptors (Lipinski definition) is 3. The Morgan fingerprint density at radius 3 is 3.26 bits per heavy atom. The van der Waals surface area contributed by atoms with Gasteiger partial charge >= 0.3 is 0 Å². The SMILES string of the molecule is O=C(NCc1ncc[nH]1)C1COc2ccc(Br)cc21. The number of fused-ring (bicyclic) bond motifs is 1. The molecule has 1 aromatic heterocycles. The minimum Gasteiger partial charge on any atom is -0.492 e. The third-order valence-electron chi connectivity index (χ3n) is 3.05. The Morgan fingerprint density at radius 2 is 2.47 bits per heavy atom. The molecule has 6 heteroatoms. The summed E-state index contributed by atoms with van der Waals surface area (Å²) in [7, 11) is 0. The maximum absolute atomic E-state index is 12.2. The van der Waals surface area contributed by atoms with E-state index in [9.17, 15) is 4.79 Å². The van der Waals surface area contributed by atoms with Crippen molar-refractivity contribution in [1.82, 2.24) is 15.3 Å². The molecule has 0 saturated carbocycles. The van der Waals surface area contributed by atoms with Crippen LogP contribution in [0.4, 0.5) is 0 Å². The molecule has 0 saturated heterocycles. The fourth-order valence-electron chi connectivity index (χ4n) is 2.09. The van der Waals surface area contributed by atoms with E-state index in [0.29, 0.717) is 13.2 Å². The van der Waals surface area contributed by atoms with Gasteiger partial charge < -0.3 is 15.0 Å². The number of amides is 1. The fourth-order valence-corrected chi connectivity index (χ4v) is 2.47. The van der Waals surface area contributed by atoms with Crippen molar-refractivity contribution in [2.75, 3.05) is 6.61 Å². The van der Waals surface area contributed by atoms with Crippen LogP contribution in [0.2, 0.25) is 0 Å². The number of nitrogens with one attached hydrogen (secondary N) is 2. The predicted molar refractivity (Wildman–Crippen MR) is 72.8 cm³/mol. The lowest BCUT2D eigenvalue weighted by Crippen LogP contribution is -2.30. The molecule has 1 amide bonds. The Morgan fingerprint density at radius 1 is 1.58 bits per heavy atom. The fraction of sp³-hybridized carbons (Fsp3) is 0.231. The first-order chi connectivity index (χ1) is 9.24. The smallest absolute Gasteiger partial charge is 0.231 e. The Bertz CT molecular complexity index is 598. The molecule has 2 heterocycles. The van der Waals surface area contributed by atoms with Crippen LogP contribution in [0.1, 0.15) is 17.3 Å². The molecule has 1 aromatic carbocycles. The van der Waals surface area contributed by atoms with E-state index in [4.69, 9.17) is 4.74 Å². The number of hydrogen-bond donors (Lipinski definition) is 2. The largest absolute Gasteiger partial charge is 0.492 e. The van der Waals surface area contributed by atoms with Gasteiger partial charge in [0, 0.05) is 22.4 Å². The van der Waals surface area contributed by atoms with Crippen molar-refractivity contribution in [1.29, 1.82) is 0 Å². The monoisotopic (exact) mass is 321 g/mol. The van der Waals surface area contributed by atoms with Gasteiger partial charge in [-0.3, -0.25) is 4.79 Å². The van der Waals surface area contributed by atoms with Crippen LogP contribution in [-0.2, 0) is 11.3 Å². The van der Waals surface area contributed by atoms with E-state index in [1.807, 2.05) is 18.2 Å². The van der Waals surface area contributed by atoms with Gasteiger partial charge in [-0.05, 0) is 18.2 Å². The third-order valence-corrected chi connectivity index (χ3v) is 3.55. The van der Waals surface area contributed by atoms with E-state index in [2.05, 4.69) is 31.2 Å². The van der Waals surface area contributed by atoms with Gasteiger partial charge in [-0.1, -0.05) is 15.9 Å². The summed E-state index contributed by atoms with van der Waals surface area (Å²) in [5, 5.41) is 2.86. The molecule has 1 aliphatic rings. The molecule has 3 rings (SSSR count). The first-order valence-electron chi connectivity index (χ1n) is 5.92. The molecule has 2 aromatic rings. The zero-order valence-corrected chi connectivity index (χ0v) is 11.6. The number of carbonyl (C=O) groups is 1. The molecule has 0 radical (unpaired) electrons. The molecule has 5 nitrogen and oxygen atoms in total. The highest BCUT2D eigenvalue weighted by molar-refractivity contribution is 9.10. The highest BCUT2D eigenvalue weighted by atomic mass is 79.9. The van der Waals surface area contributed by atoms with Crippen LogP contribution in [0.3, 0.4) is 0 Å². The molecular weight excluding hydrogens is 310 g/mol. The minimum absolute atomic E-state index is 0.0479. The second-order valence-corrected chi connectivity index (χ2v) is 5.22. The van der Waals surface area contributed by atoms with Crippen LogP contribution in [0, 0.1) is 0 Å². The van der Waals surface area contributed by atoms with Gasteiger partial charge in [0.2, 0.25) is 5.91 Å². The average molecular weight is 322 g/mol. The number of aromatic amines is 1. The number of nitrogens with zero attached hydrogens (tertiary/aromatic N) is 1. The Balaban J connectivity index is 1.71. The van der Waals surface area contributed by atoms with Crippen molar-refractivity contribution < 1.29 is 9.53 Å². The molecule has 1 atom stereocenters. The number of halogens is 1. The van der Waals surface area contributed by atoms with Crippen LogP contribution >= 0.6 is 15.9 Å². The van der Waals surface area contributed by atoms with Crippen LogP contribution < -0.4 is 10.1 Å². The van der Waals surface area contributed by atoms with Gasteiger partial charge in [0.05, 0.1) is 6.54 Å². The molecule has 1 aliphatic heterocycles. The molecule has 0 aliphatic carbocycles. The summed E-state index contributed by atoms with van der Waals surface area (Å²) in [6.07, 6.45) is 3.39. The summed E-state index contributed by atoms with van der Waals surface area (Å²) in [5.41, 5.74) is 0.923. The third kappa shape index (κ3) is 2.49. The van der Waals surface area contributed by atoms with E-state index in [1.54, 1.807) is 12.4 Å². The Labute approximate surface area is 118 Å². The van der Waals surface area contributed by atoms with Gasteiger partial charge in [-0.25, -0.2) is 4.98 Å². The molecule has 0 bridgehead atoms. The lowest BCUT2D eigenvalue weighted by molar-refractivity contribution is -0.122. The van der Waals surface area contributed by atoms with Crippen molar-refractivity contribution in [2.24, 2.45) is 0 Å². The number of benzene rings is 1. The van der Waals surface area contributed by atoms with E-state index >= 15 is 0 Å². The van der Waals surface area contributed by atoms with Crippen molar-refractivity contribution in [3.05, 3.63) is 46.5 Å². The Kier molecular flexibility index (Phi) is 3.25. The summed E-state index contributed by atoms with van der Waals surface area (Å²) < 4.78 is 6.46. The first kappa shape index (κ1) is 12.2. The number of rotatable bonds is 3. The van der Waals surface area contributed by atoms with Gasteiger partial charge in [0.1, 0.15) is 24.1 Å². The van der Waals surface area contributed by atoms with E-state index in [-0.39, 0.29) is 11.8 Å². The minimum atomic E-state index is -0.262. The average Bonchev–Trinajstić information content (AvgIpc) is 3.04. The molecule has 19 heavy (non-hydrogen) atoms. The summed E-state index contributed by atoms with van der Waals surface area (Å²) >= 11 is 3.41. The summed E-state index contributed by atoms with van der Waals surface area (Å²) in [5.74, 6) is 1.21. The zero-order chi connectivity index (χ0) is 13.2. The molecular formula is C13H12BrN3O2. The maximum atomic E-state index is 12.2. The number of carbonyl (C=O) groups excluding carboxylic acids is 1. The normalized spacial score (nSPS) is 16.8. The maximum Gasteiger partial charge on any atom is 0.231 e. The highest BCUT2D eigenvalue weighted by Crippen LogP contribution is 2.35. The molecule has 2 N–H and O–H groups in total. The predicted octanol–water partition coefficient (Wildman–Crippen LogP) is 1.96. The lowest BCUT2D eigenvalue weighted by Gasteiger charge is -2.09. The van der Waals surface area contributed by atoms with Crippen molar-refractivity contribution in [3.8, 4) is 5.75 Å². The summed E-state index contributed by atoms with van der Waals surface area (Å²) in [6, 6.07) is 5.71. The highest BCUT2D eigenvalue weighted by Gasteiger charge is 2.30. The zero-order valence-electron chi connectivity index (χ0n) is 10.0. The van der Waals surface area contributed by atoms with Gasteiger partial charge in [0.15, 0.2) is 0 Å². The summed E-state index contributed by atoms with van der Waals surface area (Å²) in [4.78, 5) is 19.2. The van der Waals surface area contributed by atoms with Gasteiger partial charge in [-0.15, -0.1) is 0 Å². The molecule has 0 fully saturated rings. The van der Waals surface area contributed by atoms with Crippen LogP contribution in [-0.4, -0.2) is 22.5 Å². The van der Waals surface area contributed by atoms with E-state index < -0.39 is 0 Å². The lowest BCUT2D eigenvalue weighted by atomic mass is 10.0. The van der Waals surface area contributed by atoms with Crippen LogP contribution in [0.25, 0.3) is 0 Å². The first-order valence-corrected chi connectivity index (χ1v) is 6.71. The number of ether oxygens (including phenoxy) is 1. The molecule has 0 spiro atoms. The number of imidazole rings is 1. The molecule has 1 unspecified atom stereocenters. The topological polar surface area (TPSA) is 67.0 Å².